The second kappa shape index (κ2) is 12.1. The predicted molar refractivity (Wildman–Crippen MR) is 162 cm³/mol. The highest BCUT2D eigenvalue weighted by atomic mass is 16.6. The van der Waals surface area contributed by atoms with Gasteiger partial charge in [-0.15, -0.1) is 0 Å². The minimum atomic E-state index is -1.14. The van der Waals surface area contributed by atoms with Crippen LogP contribution in [-0.4, -0.2) is 109 Å². The van der Waals surface area contributed by atoms with Crippen LogP contribution >= 0.6 is 0 Å². The van der Waals surface area contributed by atoms with E-state index in [0.29, 0.717) is 48.9 Å². The summed E-state index contributed by atoms with van der Waals surface area (Å²) in [6.07, 6.45) is 4.12. The monoisotopic (exact) mass is 612 g/mol. The molecule has 3 amide bonds. The Morgan fingerprint density at radius 1 is 1.32 bits per heavy atom. The molecule has 1 aromatic carbocycles. The highest BCUT2D eigenvalue weighted by Crippen LogP contribution is 2.65. The molecule has 12 heteroatoms. The minimum Gasteiger partial charge on any atom is -0.477 e. The zero-order chi connectivity index (χ0) is 31.9. The maximum absolute atomic E-state index is 13.3. The van der Waals surface area contributed by atoms with Crippen LogP contribution in [0, 0.1) is 0 Å². The molecular formula is C32H46N5O7+. The lowest BCUT2D eigenvalue weighted by molar-refractivity contribution is -0.944. The number of aliphatic hydroxyl groups is 1. The maximum atomic E-state index is 13.3. The van der Waals surface area contributed by atoms with E-state index in [4.69, 9.17) is 15.2 Å². The summed E-state index contributed by atoms with van der Waals surface area (Å²) in [4.78, 5) is 52.0. The number of rotatable bonds is 12. The van der Waals surface area contributed by atoms with Crippen LogP contribution in [0.1, 0.15) is 56.6 Å². The van der Waals surface area contributed by atoms with E-state index in [9.17, 15) is 24.3 Å². The van der Waals surface area contributed by atoms with E-state index >= 15 is 0 Å². The Morgan fingerprint density at radius 2 is 2.09 bits per heavy atom. The van der Waals surface area contributed by atoms with E-state index < -0.39 is 29.3 Å². The van der Waals surface area contributed by atoms with Gasteiger partial charge in [0.2, 0.25) is 11.8 Å². The molecule has 6 atom stereocenters. The molecule has 2 aliphatic heterocycles. The standard InChI is InChI=1S/C32H45N5O7/c1-5-17-37(4)18-13-31-26-21-9-10-24(27(26)44-28(31)23(39)11-12-32(31,42)25(37)19-21)43-30(41)36(3)16-15-34-29(40)22(35-20(2)38)8-6-7-14-33/h5,9-10,22,25,28,42H,1,6-8,11-19,33H2,2-4H3,(H-,34,35,38,40)/p+1/t22-,25-,28-,31-,32+,37?/m0/s1. The molecule has 1 unspecified atom stereocenters. The van der Waals surface area contributed by atoms with E-state index in [1.54, 1.807) is 13.1 Å². The van der Waals surface area contributed by atoms with Crippen molar-refractivity contribution in [2.75, 3.05) is 46.8 Å². The molecule has 0 aromatic heterocycles. The van der Waals surface area contributed by atoms with Crippen LogP contribution in [0.15, 0.2) is 24.8 Å². The summed E-state index contributed by atoms with van der Waals surface area (Å²) >= 11 is 0. The number of nitrogens with two attached hydrogens (primary N) is 1. The number of nitrogens with zero attached hydrogens (tertiary/aromatic N) is 2. The Morgan fingerprint density at radius 3 is 2.80 bits per heavy atom. The van der Waals surface area contributed by atoms with Crippen molar-refractivity contribution >= 4 is 23.7 Å². The number of likely N-dealkylation sites (N-methyl/N-ethyl adjacent to an activating group) is 2. The molecule has 1 saturated carbocycles. The number of ether oxygens (including phenoxy) is 2. The molecule has 0 radical (unpaired) electrons. The molecule has 2 fully saturated rings. The van der Waals surface area contributed by atoms with Gasteiger partial charge in [-0.3, -0.25) is 14.4 Å². The van der Waals surface area contributed by atoms with E-state index in [1.807, 2.05) is 12.1 Å². The molecule has 240 valence electrons. The summed E-state index contributed by atoms with van der Waals surface area (Å²) in [5, 5.41) is 17.9. The first kappa shape index (κ1) is 31.9. The number of hydrogen-bond acceptors (Lipinski definition) is 8. The van der Waals surface area contributed by atoms with Gasteiger partial charge in [0.05, 0.1) is 25.6 Å². The number of amides is 3. The van der Waals surface area contributed by atoms with Crippen LogP contribution in [-0.2, 0) is 26.2 Å². The molecule has 1 saturated heterocycles. The number of ketones is 1. The van der Waals surface area contributed by atoms with Gasteiger partial charge in [0.25, 0.3) is 0 Å². The minimum absolute atomic E-state index is 0.0389. The number of unbranched alkanes of at least 4 members (excludes halogenated alkanes) is 1. The van der Waals surface area contributed by atoms with Crippen molar-refractivity contribution in [1.82, 2.24) is 15.5 Å². The van der Waals surface area contributed by atoms with Crippen LogP contribution < -0.4 is 25.8 Å². The van der Waals surface area contributed by atoms with Crippen LogP contribution in [0.4, 0.5) is 4.79 Å². The fourth-order valence-electron chi connectivity index (χ4n) is 8.15. The fourth-order valence-corrected chi connectivity index (χ4v) is 8.15. The quantitative estimate of drug-likeness (QED) is 0.154. The summed E-state index contributed by atoms with van der Waals surface area (Å²) in [5.41, 5.74) is 5.33. The molecular weight excluding hydrogens is 566 g/mol. The Labute approximate surface area is 258 Å². The second-order valence-electron chi connectivity index (χ2n) is 13.0. The molecule has 12 nitrogen and oxygen atoms in total. The molecule has 2 bridgehead atoms. The number of carbonyl (C=O) groups is 4. The zero-order valence-electron chi connectivity index (χ0n) is 26.0. The third-order valence-corrected chi connectivity index (χ3v) is 10.3. The number of piperidine rings is 1. The Hall–Kier alpha value is -3.48. The van der Waals surface area contributed by atoms with E-state index in [-0.39, 0.29) is 48.9 Å². The first-order valence-corrected chi connectivity index (χ1v) is 15.6. The van der Waals surface area contributed by atoms with Crippen molar-refractivity contribution in [3.63, 3.8) is 0 Å². The van der Waals surface area contributed by atoms with Gasteiger partial charge in [0.15, 0.2) is 23.4 Å². The van der Waals surface area contributed by atoms with Crippen LogP contribution in [0.25, 0.3) is 0 Å². The van der Waals surface area contributed by atoms with Gasteiger partial charge >= 0.3 is 6.09 Å². The fraction of sp³-hybridized carbons (Fsp3) is 0.625. The third-order valence-electron chi connectivity index (χ3n) is 10.3. The summed E-state index contributed by atoms with van der Waals surface area (Å²) in [6, 6.07) is 2.84. The molecule has 44 heavy (non-hydrogen) atoms. The van der Waals surface area contributed by atoms with Gasteiger partial charge in [0, 0.05) is 51.9 Å². The second-order valence-corrected chi connectivity index (χ2v) is 13.0. The van der Waals surface area contributed by atoms with Gasteiger partial charge < -0.3 is 40.3 Å². The number of Topliss-reactive ketones (excluding diaryl/α,β-unsaturated/α-hetero) is 1. The van der Waals surface area contributed by atoms with Crippen LogP contribution in [0.5, 0.6) is 11.5 Å². The van der Waals surface area contributed by atoms with Gasteiger partial charge in [-0.25, -0.2) is 4.79 Å². The molecule has 2 heterocycles. The third kappa shape index (κ3) is 5.16. The van der Waals surface area contributed by atoms with Crippen LogP contribution in [0.3, 0.4) is 0 Å². The average molecular weight is 613 g/mol. The van der Waals surface area contributed by atoms with Gasteiger partial charge in [0.1, 0.15) is 17.7 Å². The molecule has 1 aromatic rings. The van der Waals surface area contributed by atoms with Gasteiger partial charge in [-0.2, -0.15) is 0 Å². The summed E-state index contributed by atoms with van der Waals surface area (Å²) in [5.74, 6) is -0.0928. The van der Waals surface area contributed by atoms with E-state index in [1.165, 1.54) is 11.8 Å². The van der Waals surface area contributed by atoms with Crippen molar-refractivity contribution in [3.05, 3.63) is 35.9 Å². The lowest BCUT2D eigenvalue weighted by Gasteiger charge is -2.64. The molecule has 2 aliphatic carbocycles. The largest absolute Gasteiger partial charge is 0.477 e. The van der Waals surface area contributed by atoms with Crippen molar-refractivity contribution < 1.29 is 38.2 Å². The zero-order valence-corrected chi connectivity index (χ0v) is 26.0. The number of benzene rings is 1. The van der Waals surface area contributed by atoms with Crippen molar-refractivity contribution in [1.29, 1.82) is 0 Å². The van der Waals surface area contributed by atoms with E-state index in [2.05, 4.69) is 24.3 Å². The lowest BCUT2D eigenvalue weighted by atomic mass is 9.48. The molecule has 4 aliphatic rings. The smallest absolute Gasteiger partial charge is 0.415 e. The van der Waals surface area contributed by atoms with Gasteiger partial charge in [-0.1, -0.05) is 12.6 Å². The number of hydrogen-bond donors (Lipinski definition) is 4. The normalized spacial score (nSPS) is 30.0. The van der Waals surface area contributed by atoms with Crippen molar-refractivity contribution in [3.8, 4) is 11.5 Å². The molecule has 5 N–H and O–H groups in total. The summed E-state index contributed by atoms with van der Waals surface area (Å²) in [6.45, 7) is 7.62. The summed E-state index contributed by atoms with van der Waals surface area (Å²) < 4.78 is 12.8. The molecule has 1 spiro atoms. The Bertz CT molecular complexity index is 1350. The topological polar surface area (TPSA) is 160 Å². The number of quaternary nitrogens is 1. The van der Waals surface area contributed by atoms with Gasteiger partial charge in [-0.05, 0) is 49.9 Å². The van der Waals surface area contributed by atoms with Crippen molar-refractivity contribution in [2.45, 2.75) is 81.1 Å². The lowest BCUT2D eigenvalue weighted by Crippen LogP contribution is -2.80. The number of likely N-dealkylation sites (tertiary alicyclic amines) is 1. The Balaban J connectivity index is 1.30. The molecule has 5 rings (SSSR count). The Kier molecular flexibility index (Phi) is 8.80. The van der Waals surface area contributed by atoms with Crippen LogP contribution in [0.2, 0.25) is 0 Å². The maximum Gasteiger partial charge on any atom is 0.415 e. The number of nitrogens with one attached hydrogen (secondary N) is 2. The highest BCUT2D eigenvalue weighted by Gasteiger charge is 2.76. The SMILES string of the molecule is C=CC[N+]1(C)CC[C@]23c4c5ccc(OC(=O)N(C)CCNC(=O)[C@H](CCCCN)NC(C)=O)c4O[C@H]2C(=O)CC[C@@]3(O)[C@@H]1C5. The van der Waals surface area contributed by atoms with Crippen molar-refractivity contribution in [2.24, 2.45) is 5.73 Å². The summed E-state index contributed by atoms with van der Waals surface area (Å²) in [7, 11) is 3.71. The average Bonchev–Trinajstić information content (AvgIpc) is 3.34. The first-order chi connectivity index (χ1) is 20.9. The number of carbonyl (C=O) groups excluding carboxylic acids is 4. The first-order valence-electron chi connectivity index (χ1n) is 15.6. The predicted octanol–water partition coefficient (Wildman–Crippen LogP) is 0.921. The van der Waals surface area contributed by atoms with E-state index in [0.717, 1.165) is 30.6 Å². The highest BCUT2D eigenvalue weighted by molar-refractivity contribution is 5.90.